The van der Waals surface area contributed by atoms with Crippen molar-refractivity contribution in [2.45, 2.75) is 12.7 Å². The highest BCUT2D eigenvalue weighted by atomic mass is 19.4. The molecule has 0 saturated carbocycles. The number of rotatable bonds is 3. The zero-order valence-corrected chi connectivity index (χ0v) is 12.4. The Hall–Kier alpha value is -2.44. The van der Waals surface area contributed by atoms with Crippen molar-refractivity contribution in [3.8, 4) is 11.5 Å². The zero-order chi connectivity index (χ0) is 16.4. The lowest BCUT2D eigenvalue weighted by Crippen LogP contribution is -2.19. The highest BCUT2D eigenvalue weighted by Crippen LogP contribution is 2.32. The van der Waals surface area contributed by atoms with E-state index in [9.17, 15) is 13.2 Å². The minimum absolute atomic E-state index is 0.466. The predicted molar refractivity (Wildman–Crippen MR) is 78.8 cm³/mol. The predicted octanol–water partition coefficient (Wildman–Crippen LogP) is 3.51. The Morgan fingerprint density at radius 1 is 1.09 bits per heavy atom. The van der Waals surface area contributed by atoms with Gasteiger partial charge in [0.1, 0.15) is 19.0 Å². The molecule has 2 aromatic rings. The van der Waals surface area contributed by atoms with Gasteiger partial charge < -0.3 is 14.4 Å². The fourth-order valence-corrected chi connectivity index (χ4v) is 2.32. The maximum Gasteiger partial charge on any atom is 0.417 e. The van der Waals surface area contributed by atoms with Crippen LogP contribution in [0.5, 0.6) is 11.5 Å². The van der Waals surface area contributed by atoms with Crippen LogP contribution in [-0.4, -0.2) is 25.2 Å². The average molecular weight is 324 g/mol. The number of anilines is 1. The van der Waals surface area contributed by atoms with E-state index in [0.717, 1.165) is 17.8 Å². The van der Waals surface area contributed by atoms with Crippen LogP contribution in [0.25, 0.3) is 0 Å². The summed E-state index contributed by atoms with van der Waals surface area (Å²) in [5.74, 6) is 1.85. The Kier molecular flexibility index (Phi) is 4.02. The minimum Gasteiger partial charge on any atom is -0.486 e. The Labute approximate surface area is 131 Å². The van der Waals surface area contributed by atoms with Crippen LogP contribution in [0, 0.1) is 0 Å². The Morgan fingerprint density at radius 3 is 2.48 bits per heavy atom. The molecule has 2 heterocycles. The second-order valence-electron chi connectivity index (χ2n) is 5.24. The van der Waals surface area contributed by atoms with E-state index in [4.69, 9.17) is 9.47 Å². The van der Waals surface area contributed by atoms with Crippen molar-refractivity contribution in [1.82, 2.24) is 4.98 Å². The molecule has 4 nitrogen and oxygen atoms in total. The Morgan fingerprint density at radius 2 is 1.83 bits per heavy atom. The van der Waals surface area contributed by atoms with E-state index in [2.05, 4.69) is 4.98 Å². The third kappa shape index (κ3) is 3.49. The molecule has 0 unspecified atom stereocenters. The molecule has 0 bridgehead atoms. The van der Waals surface area contributed by atoms with Crippen LogP contribution < -0.4 is 14.4 Å². The molecule has 1 aromatic heterocycles. The molecule has 1 aliphatic heterocycles. The number of pyridine rings is 1. The van der Waals surface area contributed by atoms with E-state index in [1.807, 2.05) is 18.2 Å². The summed E-state index contributed by atoms with van der Waals surface area (Å²) < 4.78 is 48.6. The smallest absolute Gasteiger partial charge is 0.417 e. The summed E-state index contributed by atoms with van der Waals surface area (Å²) in [7, 11) is 1.77. The first-order valence-electron chi connectivity index (χ1n) is 7.06. The van der Waals surface area contributed by atoms with Gasteiger partial charge in [-0.1, -0.05) is 6.07 Å². The second kappa shape index (κ2) is 5.98. The first-order chi connectivity index (χ1) is 10.9. The highest BCUT2D eigenvalue weighted by Gasteiger charge is 2.30. The van der Waals surface area contributed by atoms with Gasteiger partial charge >= 0.3 is 6.18 Å². The largest absolute Gasteiger partial charge is 0.486 e. The molecule has 3 rings (SSSR count). The number of benzene rings is 1. The molecule has 1 aliphatic rings. The van der Waals surface area contributed by atoms with E-state index < -0.39 is 11.7 Å². The molecule has 0 atom stereocenters. The summed E-state index contributed by atoms with van der Waals surface area (Å²) >= 11 is 0. The van der Waals surface area contributed by atoms with Gasteiger partial charge in [-0.3, -0.25) is 0 Å². The molecule has 122 valence electrons. The molecule has 0 spiro atoms. The molecule has 23 heavy (non-hydrogen) atoms. The SMILES string of the molecule is CN(Cc1ccc2c(c1)OCCO2)c1ccc(C(F)(F)F)cn1. The lowest BCUT2D eigenvalue weighted by molar-refractivity contribution is -0.137. The molecule has 1 aromatic carbocycles. The lowest BCUT2D eigenvalue weighted by atomic mass is 10.2. The molecule has 0 amide bonds. The summed E-state index contributed by atoms with van der Waals surface area (Å²) in [6.07, 6.45) is -3.53. The number of ether oxygens (including phenoxy) is 2. The van der Waals surface area contributed by atoms with Gasteiger partial charge in [-0.05, 0) is 29.8 Å². The normalized spacial score (nSPS) is 13.7. The van der Waals surface area contributed by atoms with Gasteiger partial charge in [-0.15, -0.1) is 0 Å². The molecule has 0 saturated heterocycles. The fraction of sp³-hybridized carbons (Fsp3) is 0.312. The van der Waals surface area contributed by atoms with Crippen molar-refractivity contribution in [2.75, 3.05) is 25.2 Å². The molecular formula is C16H15F3N2O2. The van der Waals surface area contributed by atoms with Crippen molar-refractivity contribution in [2.24, 2.45) is 0 Å². The standard InChI is InChI=1S/C16H15F3N2O2/c1-21(15-5-3-12(9-20-15)16(17,18)19)10-11-2-4-13-14(8-11)23-7-6-22-13/h2-5,8-9H,6-7,10H2,1H3. The van der Waals surface area contributed by atoms with Crippen molar-refractivity contribution < 1.29 is 22.6 Å². The minimum atomic E-state index is -4.38. The van der Waals surface area contributed by atoms with Crippen LogP contribution in [0.4, 0.5) is 19.0 Å². The molecular weight excluding hydrogens is 309 g/mol. The van der Waals surface area contributed by atoms with Gasteiger partial charge in [0.05, 0.1) is 5.56 Å². The van der Waals surface area contributed by atoms with Gasteiger partial charge in [-0.2, -0.15) is 13.2 Å². The summed E-state index contributed by atoms with van der Waals surface area (Å²) in [4.78, 5) is 5.65. The maximum atomic E-state index is 12.5. The summed E-state index contributed by atoms with van der Waals surface area (Å²) in [6, 6.07) is 7.99. The summed E-state index contributed by atoms with van der Waals surface area (Å²) in [6.45, 7) is 1.53. The third-order valence-electron chi connectivity index (χ3n) is 3.49. The number of hydrogen-bond acceptors (Lipinski definition) is 4. The van der Waals surface area contributed by atoms with Crippen LogP contribution in [0.2, 0.25) is 0 Å². The monoisotopic (exact) mass is 324 g/mol. The van der Waals surface area contributed by atoms with E-state index >= 15 is 0 Å². The fourth-order valence-electron chi connectivity index (χ4n) is 2.32. The van der Waals surface area contributed by atoms with Crippen molar-refractivity contribution >= 4 is 5.82 Å². The average Bonchev–Trinajstić information content (AvgIpc) is 2.54. The maximum absolute atomic E-state index is 12.5. The number of alkyl halides is 3. The number of nitrogens with zero attached hydrogens (tertiary/aromatic N) is 2. The van der Waals surface area contributed by atoms with Gasteiger partial charge in [0.2, 0.25) is 0 Å². The lowest BCUT2D eigenvalue weighted by Gasteiger charge is -2.22. The van der Waals surface area contributed by atoms with Gasteiger partial charge in [-0.25, -0.2) is 4.98 Å². The first-order valence-corrected chi connectivity index (χ1v) is 7.06. The Balaban J connectivity index is 1.72. The molecule has 7 heteroatoms. The van der Waals surface area contributed by atoms with Crippen LogP contribution >= 0.6 is 0 Å². The van der Waals surface area contributed by atoms with Crippen molar-refractivity contribution in [3.63, 3.8) is 0 Å². The van der Waals surface area contributed by atoms with E-state index in [0.29, 0.717) is 37.1 Å². The van der Waals surface area contributed by atoms with Crippen molar-refractivity contribution in [3.05, 3.63) is 47.7 Å². The van der Waals surface area contributed by atoms with E-state index in [1.54, 1.807) is 11.9 Å². The molecule has 0 N–H and O–H groups in total. The van der Waals surface area contributed by atoms with Gasteiger partial charge in [0.25, 0.3) is 0 Å². The summed E-state index contributed by atoms with van der Waals surface area (Å²) in [5.41, 5.74) is 0.201. The van der Waals surface area contributed by atoms with Gasteiger partial charge in [0, 0.05) is 19.8 Å². The molecule has 0 fully saturated rings. The molecule has 0 aliphatic carbocycles. The summed E-state index contributed by atoms with van der Waals surface area (Å²) in [5, 5.41) is 0. The number of fused-ring (bicyclic) bond motifs is 1. The van der Waals surface area contributed by atoms with Crippen LogP contribution in [0.1, 0.15) is 11.1 Å². The Bertz CT molecular complexity index is 687. The van der Waals surface area contributed by atoms with Crippen molar-refractivity contribution in [1.29, 1.82) is 0 Å². The third-order valence-corrected chi connectivity index (χ3v) is 3.49. The quantitative estimate of drug-likeness (QED) is 0.865. The topological polar surface area (TPSA) is 34.6 Å². The molecule has 0 radical (unpaired) electrons. The van der Waals surface area contributed by atoms with Crippen LogP contribution in [-0.2, 0) is 12.7 Å². The van der Waals surface area contributed by atoms with E-state index in [1.165, 1.54) is 6.07 Å². The first kappa shape index (κ1) is 15.5. The van der Waals surface area contributed by atoms with Gasteiger partial charge in [0.15, 0.2) is 11.5 Å². The highest BCUT2D eigenvalue weighted by molar-refractivity contribution is 5.46. The number of halogens is 3. The zero-order valence-electron chi connectivity index (χ0n) is 12.4. The van der Waals surface area contributed by atoms with E-state index in [-0.39, 0.29) is 0 Å². The second-order valence-corrected chi connectivity index (χ2v) is 5.24. The number of aromatic nitrogens is 1. The number of hydrogen-bond donors (Lipinski definition) is 0. The van der Waals surface area contributed by atoms with Crippen LogP contribution in [0.15, 0.2) is 36.5 Å². The van der Waals surface area contributed by atoms with Crippen LogP contribution in [0.3, 0.4) is 0 Å².